The van der Waals surface area contributed by atoms with Crippen molar-refractivity contribution in [3.8, 4) is 0 Å². The molecule has 1 N–H and O–H groups in total. The average molecular weight is 300 g/mol. The van der Waals surface area contributed by atoms with Crippen LogP contribution in [0.4, 0.5) is 0 Å². The first kappa shape index (κ1) is 15.6. The van der Waals surface area contributed by atoms with Crippen molar-refractivity contribution in [2.75, 3.05) is 0 Å². The first-order valence-corrected chi connectivity index (χ1v) is 6.70. The minimum absolute atomic E-state index is 0.147. The fourth-order valence-electron chi connectivity index (χ4n) is 1.96. The van der Waals surface area contributed by atoms with Crippen LogP contribution in [-0.2, 0) is 11.3 Å². The van der Waals surface area contributed by atoms with E-state index in [4.69, 9.17) is 0 Å². The van der Waals surface area contributed by atoms with Crippen molar-refractivity contribution in [2.45, 2.75) is 26.4 Å². The number of carbonyl (C=O) groups is 2. The molecule has 1 amide bonds. The number of aromatic nitrogens is 3. The molecule has 0 aliphatic rings. The third kappa shape index (κ3) is 3.43. The van der Waals surface area contributed by atoms with Gasteiger partial charge < -0.3 is 10.0 Å². The third-order valence-corrected chi connectivity index (χ3v) is 3.30. The third-order valence-electron chi connectivity index (χ3n) is 3.30. The molecule has 0 aliphatic heterocycles. The zero-order valence-electron chi connectivity index (χ0n) is 12.3. The number of carboxylic acid groups (broad SMARTS) is 1. The molecule has 0 aromatic carbocycles. The Balaban J connectivity index is 2.34. The molecule has 1 atom stereocenters. The van der Waals surface area contributed by atoms with Gasteiger partial charge in [-0.2, -0.15) is 0 Å². The van der Waals surface area contributed by atoms with Crippen LogP contribution in [0.3, 0.4) is 0 Å². The van der Waals surface area contributed by atoms with Crippen LogP contribution in [0.25, 0.3) is 0 Å². The summed E-state index contributed by atoms with van der Waals surface area (Å²) in [6.07, 6.45) is 5.96. The lowest BCUT2D eigenvalue weighted by Gasteiger charge is -2.26. The molecular weight excluding hydrogens is 284 g/mol. The van der Waals surface area contributed by atoms with Gasteiger partial charge in [-0.05, 0) is 25.5 Å². The molecule has 7 nitrogen and oxygen atoms in total. The van der Waals surface area contributed by atoms with E-state index < -0.39 is 17.9 Å². The number of aryl methyl sites for hydroxylation is 1. The Morgan fingerprint density at radius 2 is 2.09 bits per heavy atom. The maximum Gasteiger partial charge on any atom is 0.326 e. The molecule has 0 saturated heterocycles. The van der Waals surface area contributed by atoms with Gasteiger partial charge in [0.15, 0.2) is 0 Å². The molecule has 2 heterocycles. The molecule has 2 aromatic heterocycles. The summed E-state index contributed by atoms with van der Waals surface area (Å²) in [6.45, 7) is 3.30. The van der Waals surface area contributed by atoms with Crippen molar-refractivity contribution in [1.29, 1.82) is 0 Å². The van der Waals surface area contributed by atoms with Crippen molar-refractivity contribution in [3.63, 3.8) is 0 Å². The summed E-state index contributed by atoms with van der Waals surface area (Å²) in [6, 6.07) is 2.54. The molecule has 2 aromatic rings. The highest BCUT2D eigenvalue weighted by Crippen LogP contribution is 2.14. The van der Waals surface area contributed by atoms with E-state index in [0.29, 0.717) is 11.3 Å². The zero-order chi connectivity index (χ0) is 16.1. The number of rotatable bonds is 5. The van der Waals surface area contributed by atoms with Gasteiger partial charge in [-0.3, -0.25) is 9.78 Å². The van der Waals surface area contributed by atoms with E-state index in [0.717, 1.165) is 5.56 Å². The average Bonchev–Trinajstić information content (AvgIpc) is 2.52. The lowest BCUT2D eigenvalue weighted by Crippen LogP contribution is -2.43. The van der Waals surface area contributed by atoms with Gasteiger partial charge in [0, 0.05) is 25.1 Å². The number of hydrogen-bond donors (Lipinski definition) is 1. The summed E-state index contributed by atoms with van der Waals surface area (Å²) in [5, 5.41) is 9.25. The quantitative estimate of drug-likeness (QED) is 0.894. The Bertz CT molecular complexity index is 675. The first-order valence-electron chi connectivity index (χ1n) is 6.70. The van der Waals surface area contributed by atoms with Gasteiger partial charge in [-0.1, -0.05) is 6.07 Å². The molecule has 0 spiro atoms. The van der Waals surface area contributed by atoms with E-state index in [-0.39, 0.29) is 6.54 Å². The minimum Gasteiger partial charge on any atom is -0.480 e. The Morgan fingerprint density at radius 1 is 1.32 bits per heavy atom. The van der Waals surface area contributed by atoms with Crippen molar-refractivity contribution >= 4 is 11.9 Å². The fraction of sp³-hybridized carbons (Fsp3) is 0.267. The van der Waals surface area contributed by atoms with E-state index in [1.807, 2.05) is 0 Å². The van der Waals surface area contributed by atoms with Gasteiger partial charge in [0.05, 0.1) is 11.3 Å². The maximum absolute atomic E-state index is 12.7. The topological polar surface area (TPSA) is 96.3 Å². The number of aliphatic carboxylic acids is 1. The second kappa shape index (κ2) is 6.75. The van der Waals surface area contributed by atoms with Gasteiger partial charge in [0.1, 0.15) is 12.4 Å². The highest BCUT2D eigenvalue weighted by molar-refractivity contribution is 5.97. The first-order chi connectivity index (χ1) is 10.5. The molecule has 114 valence electrons. The van der Waals surface area contributed by atoms with Crippen molar-refractivity contribution in [3.05, 3.63) is 53.9 Å². The summed E-state index contributed by atoms with van der Waals surface area (Å²) in [7, 11) is 0. The van der Waals surface area contributed by atoms with Crippen molar-refractivity contribution in [1.82, 2.24) is 19.9 Å². The van der Waals surface area contributed by atoms with Crippen molar-refractivity contribution in [2.24, 2.45) is 0 Å². The van der Waals surface area contributed by atoms with E-state index in [2.05, 4.69) is 15.0 Å². The fourth-order valence-corrected chi connectivity index (χ4v) is 1.96. The molecule has 0 bridgehead atoms. The van der Waals surface area contributed by atoms with Crippen LogP contribution in [0.5, 0.6) is 0 Å². The number of carbonyl (C=O) groups excluding carboxylic acids is 1. The molecule has 2 rings (SSSR count). The molecule has 7 heteroatoms. The predicted molar refractivity (Wildman–Crippen MR) is 78.0 cm³/mol. The molecule has 0 saturated carbocycles. The Labute approximate surface area is 127 Å². The second-order valence-electron chi connectivity index (χ2n) is 4.83. The second-order valence-corrected chi connectivity index (χ2v) is 4.83. The summed E-state index contributed by atoms with van der Waals surface area (Å²) < 4.78 is 0. The van der Waals surface area contributed by atoms with Gasteiger partial charge in [-0.15, -0.1) is 0 Å². The lowest BCUT2D eigenvalue weighted by molar-refractivity contribution is -0.141. The van der Waals surface area contributed by atoms with Crippen LogP contribution in [0, 0.1) is 6.92 Å². The molecule has 0 fully saturated rings. The van der Waals surface area contributed by atoms with Crippen LogP contribution in [-0.4, -0.2) is 42.9 Å². The number of carboxylic acids is 1. The summed E-state index contributed by atoms with van der Waals surface area (Å²) in [4.78, 5) is 37.1. The zero-order valence-corrected chi connectivity index (χ0v) is 12.3. The summed E-state index contributed by atoms with van der Waals surface area (Å²) >= 11 is 0. The smallest absolute Gasteiger partial charge is 0.326 e. The minimum atomic E-state index is -1.08. The van der Waals surface area contributed by atoms with Gasteiger partial charge >= 0.3 is 5.97 Å². The molecular formula is C15H16N4O3. The SMILES string of the molecule is Cc1ncncc1C(=O)N(Cc1cccnc1)C(C)C(=O)O. The normalized spacial score (nSPS) is 11.7. The Hall–Kier alpha value is -2.83. The monoisotopic (exact) mass is 300 g/mol. The highest BCUT2D eigenvalue weighted by Gasteiger charge is 2.28. The molecule has 22 heavy (non-hydrogen) atoms. The lowest BCUT2D eigenvalue weighted by atomic mass is 10.1. The number of hydrogen-bond acceptors (Lipinski definition) is 5. The number of nitrogens with zero attached hydrogens (tertiary/aromatic N) is 4. The maximum atomic E-state index is 12.7. The standard InChI is InChI=1S/C15H16N4O3/c1-10-13(7-17-9-18-10)14(20)19(11(2)15(21)22)8-12-4-3-5-16-6-12/h3-7,9,11H,8H2,1-2H3,(H,21,22). The van der Waals surface area contributed by atoms with Crippen molar-refractivity contribution < 1.29 is 14.7 Å². The van der Waals surface area contributed by atoms with Crippen LogP contribution in [0.2, 0.25) is 0 Å². The van der Waals surface area contributed by atoms with Gasteiger partial charge in [0.2, 0.25) is 0 Å². The van der Waals surface area contributed by atoms with Gasteiger partial charge in [-0.25, -0.2) is 14.8 Å². The Morgan fingerprint density at radius 3 is 2.68 bits per heavy atom. The van der Waals surface area contributed by atoms with E-state index in [1.165, 1.54) is 24.3 Å². The molecule has 0 aliphatic carbocycles. The largest absolute Gasteiger partial charge is 0.480 e. The highest BCUT2D eigenvalue weighted by atomic mass is 16.4. The molecule has 1 unspecified atom stereocenters. The number of amides is 1. The van der Waals surface area contributed by atoms with E-state index in [9.17, 15) is 14.7 Å². The van der Waals surface area contributed by atoms with Crippen LogP contribution in [0.15, 0.2) is 37.1 Å². The predicted octanol–water partition coefficient (Wildman–Crippen LogP) is 1.30. The van der Waals surface area contributed by atoms with Gasteiger partial charge in [0.25, 0.3) is 5.91 Å². The van der Waals surface area contributed by atoms with Crippen LogP contribution >= 0.6 is 0 Å². The Kier molecular flexibility index (Phi) is 4.77. The summed E-state index contributed by atoms with van der Waals surface area (Å²) in [5.41, 5.74) is 1.55. The molecule has 0 radical (unpaired) electrons. The number of pyridine rings is 1. The van der Waals surface area contributed by atoms with E-state index in [1.54, 1.807) is 31.5 Å². The van der Waals surface area contributed by atoms with Crippen LogP contribution < -0.4 is 0 Å². The summed E-state index contributed by atoms with van der Waals surface area (Å²) in [5.74, 6) is -1.50. The van der Waals surface area contributed by atoms with E-state index >= 15 is 0 Å². The van der Waals surface area contributed by atoms with Crippen LogP contribution in [0.1, 0.15) is 28.5 Å².